The Morgan fingerprint density at radius 3 is 2.24 bits per heavy atom. The van der Waals surface area contributed by atoms with Gasteiger partial charge in [0.05, 0.1) is 28.5 Å². The molecular formula is C15H13ClNO4-. The number of anilines is 1. The number of hydrogen-bond donors (Lipinski definition) is 0. The SMILES string of the molecule is O=C([O-])c1ccc(Cl)c(N2C(=O)C3CCCCC3C2=O)c1. The van der Waals surface area contributed by atoms with Crippen LogP contribution in [-0.2, 0) is 9.59 Å². The minimum absolute atomic E-state index is 0.107. The molecule has 1 aromatic rings. The number of fused-ring (bicyclic) bond motifs is 1. The van der Waals surface area contributed by atoms with Gasteiger partial charge in [0.25, 0.3) is 0 Å². The molecule has 0 radical (unpaired) electrons. The Hall–Kier alpha value is -1.88. The predicted octanol–water partition coefficient (Wildman–Crippen LogP) is 1.38. The highest BCUT2D eigenvalue weighted by atomic mass is 35.5. The molecular weight excluding hydrogens is 294 g/mol. The second-order valence-electron chi connectivity index (χ2n) is 5.46. The van der Waals surface area contributed by atoms with E-state index in [0.717, 1.165) is 17.7 Å². The number of carbonyl (C=O) groups excluding carboxylic acids is 3. The normalized spacial score (nSPS) is 25.1. The van der Waals surface area contributed by atoms with Crippen LogP contribution in [0.2, 0.25) is 5.02 Å². The van der Waals surface area contributed by atoms with Gasteiger partial charge in [-0.25, -0.2) is 4.90 Å². The summed E-state index contributed by atoms with van der Waals surface area (Å²) in [5, 5.41) is 11.1. The fraction of sp³-hybridized carbons (Fsp3) is 0.400. The molecule has 2 amide bonds. The van der Waals surface area contributed by atoms with E-state index < -0.39 is 5.97 Å². The lowest BCUT2D eigenvalue weighted by atomic mass is 9.81. The van der Waals surface area contributed by atoms with Crippen LogP contribution < -0.4 is 10.0 Å². The van der Waals surface area contributed by atoms with Crippen LogP contribution in [0.4, 0.5) is 5.69 Å². The van der Waals surface area contributed by atoms with Crippen molar-refractivity contribution in [1.82, 2.24) is 0 Å². The van der Waals surface area contributed by atoms with Crippen molar-refractivity contribution in [3.63, 3.8) is 0 Å². The van der Waals surface area contributed by atoms with E-state index in [9.17, 15) is 19.5 Å². The zero-order chi connectivity index (χ0) is 15.1. The van der Waals surface area contributed by atoms with Gasteiger partial charge in [0.2, 0.25) is 11.8 Å². The van der Waals surface area contributed by atoms with E-state index in [-0.39, 0.29) is 39.9 Å². The third-order valence-corrected chi connectivity index (χ3v) is 4.58. The van der Waals surface area contributed by atoms with Gasteiger partial charge < -0.3 is 9.90 Å². The first-order chi connectivity index (χ1) is 10.0. The third kappa shape index (κ3) is 2.21. The Balaban J connectivity index is 2.04. The smallest absolute Gasteiger partial charge is 0.237 e. The molecule has 0 aromatic heterocycles. The molecule has 2 fully saturated rings. The number of aromatic carboxylic acids is 1. The number of rotatable bonds is 2. The lowest BCUT2D eigenvalue weighted by molar-refractivity contribution is -0.255. The van der Waals surface area contributed by atoms with Crippen molar-refractivity contribution in [3.8, 4) is 0 Å². The molecule has 2 atom stereocenters. The van der Waals surface area contributed by atoms with Crippen LogP contribution >= 0.6 is 11.6 Å². The summed E-state index contributed by atoms with van der Waals surface area (Å²) in [5.74, 6) is -2.52. The third-order valence-electron chi connectivity index (χ3n) is 4.26. The van der Waals surface area contributed by atoms with Crippen LogP contribution in [0.5, 0.6) is 0 Å². The van der Waals surface area contributed by atoms with Crippen LogP contribution in [0.1, 0.15) is 36.0 Å². The average molecular weight is 307 g/mol. The van der Waals surface area contributed by atoms with Gasteiger partial charge in [-0.1, -0.05) is 30.5 Å². The molecule has 1 aliphatic carbocycles. The number of hydrogen-bond acceptors (Lipinski definition) is 4. The van der Waals surface area contributed by atoms with Gasteiger partial charge in [-0.05, 0) is 30.5 Å². The first kappa shape index (κ1) is 14.1. The van der Waals surface area contributed by atoms with Crippen molar-refractivity contribution in [3.05, 3.63) is 28.8 Å². The van der Waals surface area contributed by atoms with Gasteiger partial charge in [0.1, 0.15) is 0 Å². The molecule has 1 saturated heterocycles. The van der Waals surface area contributed by atoms with Gasteiger partial charge >= 0.3 is 0 Å². The lowest BCUT2D eigenvalue weighted by Gasteiger charge is -2.19. The summed E-state index contributed by atoms with van der Waals surface area (Å²) >= 11 is 6.05. The summed E-state index contributed by atoms with van der Waals surface area (Å²) in [6.07, 6.45) is 3.26. The molecule has 2 aliphatic rings. The molecule has 110 valence electrons. The largest absolute Gasteiger partial charge is 0.545 e. The maximum atomic E-state index is 12.5. The van der Waals surface area contributed by atoms with E-state index >= 15 is 0 Å². The second kappa shape index (κ2) is 5.15. The number of halogens is 1. The van der Waals surface area contributed by atoms with Gasteiger partial charge in [-0.2, -0.15) is 0 Å². The minimum Gasteiger partial charge on any atom is -0.545 e. The highest BCUT2D eigenvalue weighted by molar-refractivity contribution is 6.36. The maximum absolute atomic E-state index is 12.5. The van der Waals surface area contributed by atoms with E-state index in [1.165, 1.54) is 18.2 Å². The van der Waals surface area contributed by atoms with E-state index in [2.05, 4.69) is 0 Å². The molecule has 1 heterocycles. The lowest BCUT2D eigenvalue weighted by Crippen LogP contribution is -2.31. The Morgan fingerprint density at radius 2 is 1.71 bits per heavy atom. The Morgan fingerprint density at radius 1 is 1.14 bits per heavy atom. The van der Waals surface area contributed by atoms with Crippen LogP contribution in [0.25, 0.3) is 0 Å². The quantitative estimate of drug-likeness (QED) is 0.773. The highest BCUT2D eigenvalue weighted by Gasteiger charge is 2.49. The Bertz CT molecular complexity index is 619. The maximum Gasteiger partial charge on any atom is 0.237 e. The van der Waals surface area contributed by atoms with Gasteiger partial charge in [0, 0.05) is 0 Å². The molecule has 1 aliphatic heterocycles. The van der Waals surface area contributed by atoms with E-state index in [4.69, 9.17) is 11.6 Å². The minimum atomic E-state index is -1.37. The van der Waals surface area contributed by atoms with E-state index in [0.29, 0.717) is 12.8 Å². The van der Waals surface area contributed by atoms with Crippen molar-refractivity contribution < 1.29 is 19.5 Å². The van der Waals surface area contributed by atoms with Crippen molar-refractivity contribution >= 4 is 35.1 Å². The number of benzene rings is 1. The Labute approximate surface area is 126 Å². The number of imide groups is 1. The molecule has 0 N–H and O–H groups in total. The van der Waals surface area contributed by atoms with Crippen LogP contribution in [-0.4, -0.2) is 17.8 Å². The van der Waals surface area contributed by atoms with Crippen molar-refractivity contribution in [2.45, 2.75) is 25.7 Å². The predicted molar refractivity (Wildman–Crippen MR) is 73.7 cm³/mol. The van der Waals surface area contributed by atoms with Crippen LogP contribution in [0.15, 0.2) is 18.2 Å². The molecule has 6 heteroatoms. The molecule has 3 rings (SSSR count). The average Bonchev–Trinajstić information content (AvgIpc) is 2.72. The van der Waals surface area contributed by atoms with Crippen LogP contribution in [0, 0.1) is 11.8 Å². The topological polar surface area (TPSA) is 77.5 Å². The number of nitrogens with zero attached hydrogens (tertiary/aromatic N) is 1. The second-order valence-corrected chi connectivity index (χ2v) is 5.87. The first-order valence-electron chi connectivity index (χ1n) is 6.89. The van der Waals surface area contributed by atoms with E-state index in [1.54, 1.807) is 0 Å². The highest BCUT2D eigenvalue weighted by Crippen LogP contribution is 2.41. The van der Waals surface area contributed by atoms with Crippen LogP contribution in [0.3, 0.4) is 0 Å². The van der Waals surface area contributed by atoms with Crippen molar-refractivity contribution in [1.29, 1.82) is 0 Å². The zero-order valence-corrected chi connectivity index (χ0v) is 11.9. The summed E-state index contributed by atoms with van der Waals surface area (Å²) in [7, 11) is 0. The monoisotopic (exact) mass is 306 g/mol. The summed E-state index contributed by atoms with van der Waals surface area (Å²) in [4.78, 5) is 36.9. The first-order valence-corrected chi connectivity index (χ1v) is 7.27. The Kier molecular flexibility index (Phi) is 3.45. The molecule has 0 bridgehead atoms. The van der Waals surface area contributed by atoms with Crippen molar-refractivity contribution in [2.75, 3.05) is 4.90 Å². The fourth-order valence-corrected chi connectivity index (χ4v) is 3.41. The number of carboxylic acids is 1. The summed E-state index contributed by atoms with van der Waals surface area (Å²) in [6, 6.07) is 3.88. The van der Waals surface area contributed by atoms with Crippen molar-refractivity contribution in [2.24, 2.45) is 11.8 Å². The summed E-state index contributed by atoms with van der Waals surface area (Å²) in [5.41, 5.74) is 0.0349. The molecule has 1 aromatic carbocycles. The van der Waals surface area contributed by atoms with Gasteiger partial charge in [0.15, 0.2) is 0 Å². The molecule has 0 spiro atoms. The summed E-state index contributed by atoms with van der Waals surface area (Å²) in [6.45, 7) is 0. The standard InChI is InChI=1S/C15H14ClNO4/c16-11-6-5-8(15(20)21)7-12(11)17-13(18)9-3-1-2-4-10(9)14(17)19/h5-7,9-10H,1-4H2,(H,20,21)/p-1. The number of carboxylic acid groups (broad SMARTS) is 1. The molecule has 5 nitrogen and oxygen atoms in total. The molecule has 2 unspecified atom stereocenters. The van der Waals surface area contributed by atoms with Gasteiger partial charge in [-0.15, -0.1) is 0 Å². The molecule has 21 heavy (non-hydrogen) atoms. The zero-order valence-electron chi connectivity index (χ0n) is 11.2. The molecule has 1 saturated carbocycles. The number of carbonyl (C=O) groups is 3. The van der Waals surface area contributed by atoms with Gasteiger partial charge in [-0.3, -0.25) is 9.59 Å². The summed E-state index contributed by atoms with van der Waals surface area (Å²) < 4.78 is 0. The fourth-order valence-electron chi connectivity index (χ4n) is 3.21. The van der Waals surface area contributed by atoms with E-state index in [1.807, 2.05) is 0 Å². The number of amides is 2.